The molecule has 1 rings (SSSR count). The van der Waals surface area contributed by atoms with E-state index in [0.29, 0.717) is 0 Å². The van der Waals surface area contributed by atoms with Crippen molar-refractivity contribution in [3.05, 3.63) is 23.7 Å². The number of hydrogen-bond acceptors (Lipinski definition) is 2. The number of furan rings is 1. The molecule has 1 aromatic rings. The zero-order chi connectivity index (χ0) is 9.68. The van der Waals surface area contributed by atoms with Crippen LogP contribution in [-0.4, -0.2) is 0 Å². The summed E-state index contributed by atoms with van der Waals surface area (Å²) in [5.74, 6) is 6.76. The minimum absolute atomic E-state index is 0.0540. The Labute approximate surface area is 79.1 Å². The van der Waals surface area contributed by atoms with E-state index < -0.39 is 0 Å². The second kappa shape index (κ2) is 4.74. The van der Waals surface area contributed by atoms with Gasteiger partial charge >= 0.3 is 0 Å². The SMILES string of the molecule is CC#CCCC(N)c1coc(C)c1. The maximum absolute atomic E-state index is 5.92. The lowest BCUT2D eigenvalue weighted by molar-refractivity contribution is 0.526. The van der Waals surface area contributed by atoms with Crippen LogP contribution in [0.25, 0.3) is 0 Å². The Morgan fingerprint density at radius 2 is 2.38 bits per heavy atom. The smallest absolute Gasteiger partial charge is 0.101 e. The van der Waals surface area contributed by atoms with Gasteiger partial charge in [-0.25, -0.2) is 0 Å². The summed E-state index contributed by atoms with van der Waals surface area (Å²) in [6.45, 7) is 3.76. The summed E-state index contributed by atoms with van der Waals surface area (Å²) in [5, 5.41) is 0. The monoisotopic (exact) mass is 177 g/mol. The summed E-state index contributed by atoms with van der Waals surface area (Å²) >= 11 is 0. The summed E-state index contributed by atoms with van der Waals surface area (Å²) < 4.78 is 5.18. The molecule has 0 aliphatic carbocycles. The standard InChI is InChI=1S/C11H15NO/c1-3-4-5-6-11(12)10-7-9(2)13-8-10/h7-8,11H,5-6,12H2,1-2H3. The van der Waals surface area contributed by atoms with Crippen molar-refractivity contribution in [2.45, 2.75) is 32.7 Å². The van der Waals surface area contributed by atoms with E-state index in [-0.39, 0.29) is 6.04 Å². The maximum Gasteiger partial charge on any atom is 0.101 e. The minimum Gasteiger partial charge on any atom is -0.469 e. The molecule has 1 atom stereocenters. The van der Waals surface area contributed by atoms with Crippen LogP contribution in [0.2, 0.25) is 0 Å². The molecule has 0 fully saturated rings. The largest absolute Gasteiger partial charge is 0.469 e. The molecule has 0 spiro atoms. The van der Waals surface area contributed by atoms with Crippen molar-refractivity contribution >= 4 is 0 Å². The molecular formula is C11H15NO. The molecule has 1 aromatic heterocycles. The Balaban J connectivity index is 2.47. The first-order valence-electron chi connectivity index (χ1n) is 4.44. The van der Waals surface area contributed by atoms with E-state index in [0.717, 1.165) is 24.2 Å². The van der Waals surface area contributed by atoms with E-state index in [9.17, 15) is 0 Å². The highest BCUT2D eigenvalue weighted by Crippen LogP contribution is 2.17. The van der Waals surface area contributed by atoms with Crippen molar-refractivity contribution in [2.75, 3.05) is 0 Å². The van der Waals surface area contributed by atoms with Crippen molar-refractivity contribution in [3.63, 3.8) is 0 Å². The second-order valence-electron chi connectivity index (χ2n) is 3.06. The van der Waals surface area contributed by atoms with Crippen molar-refractivity contribution in [3.8, 4) is 11.8 Å². The first-order chi connectivity index (χ1) is 6.24. The van der Waals surface area contributed by atoms with E-state index in [4.69, 9.17) is 10.2 Å². The molecule has 1 unspecified atom stereocenters. The molecule has 0 amide bonds. The number of aryl methyl sites for hydroxylation is 1. The lowest BCUT2D eigenvalue weighted by Gasteiger charge is -2.05. The van der Waals surface area contributed by atoms with Gasteiger partial charge in [0, 0.05) is 18.0 Å². The van der Waals surface area contributed by atoms with Crippen molar-refractivity contribution in [1.29, 1.82) is 0 Å². The second-order valence-corrected chi connectivity index (χ2v) is 3.06. The third-order valence-electron chi connectivity index (χ3n) is 1.94. The van der Waals surface area contributed by atoms with E-state index in [2.05, 4.69) is 11.8 Å². The lowest BCUT2D eigenvalue weighted by Crippen LogP contribution is -2.08. The first-order valence-corrected chi connectivity index (χ1v) is 4.44. The Hall–Kier alpha value is -1.20. The number of hydrogen-bond donors (Lipinski definition) is 1. The topological polar surface area (TPSA) is 39.2 Å². The summed E-state index contributed by atoms with van der Waals surface area (Å²) in [7, 11) is 0. The van der Waals surface area contributed by atoms with Crippen molar-refractivity contribution in [1.82, 2.24) is 0 Å². The lowest BCUT2D eigenvalue weighted by atomic mass is 10.1. The van der Waals surface area contributed by atoms with Crippen LogP contribution in [0.15, 0.2) is 16.7 Å². The molecule has 0 aliphatic rings. The summed E-state index contributed by atoms with van der Waals surface area (Å²) in [6.07, 6.45) is 3.46. The molecule has 1 heterocycles. The molecule has 0 bridgehead atoms. The minimum atomic E-state index is 0.0540. The van der Waals surface area contributed by atoms with Gasteiger partial charge in [0.15, 0.2) is 0 Å². The molecule has 0 saturated heterocycles. The number of rotatable bonds is 3. The Kier molecular flexibility index (Phi) is 3.60. The third kappa shape index (κ3) is 2.96. The molecule has 2 N–H and O–H groups in total. The van der Waals surface area contributed by atoms with Gasteiger partial charge in [-0.05, 0) is 26.3 Å². The molecule has 70 valence electrons. The van der Waals surface area contributed by atoms with E-state index >= 15 is 0 Å². The highest BCUT2D eigenvalue weighted by atomic mass is 16.3. The van der Waals surface area contributed by atoms with Gasteiger partial charge in [-0.15, -0.1) is 11.8 Å². The van der Waals surface area contributed by atoms with Gasteiger partial charge in [-0.2, -0.15) is 0 Å². The fourth-order valence-corrected chi connectivity index (χ4v) is 1.18. The molecule has 0 radical (unpaired) electrons. The van der Waals surface area contributed by atoms with Crippen LogP contribution >= 0.6 is 0 Å². The van der Waals surface area contributed by atoms with Crippen molar-refractivity contribution < 1.29 is 4.42 Å². The third-order valence-corrected chi connectivity index (χ3v) is 1.94. The molecule has 0 saturated carbocycles. The average molecular weight is 177 g/mol. The summed E-state index contributed by atoms with van der Waals surface area (Å²) in [4.78, 5) is 0. The van der Waals surface area contributed by atoms with E-state index in [1.807, 2.05) is 19.9 Å². The van der Waals surface area contributed by atoms with E-state index in [1.165, 1.54) is 0 Å². The van der Waals surface area contributed by atoms with Gasteiger partial charge in [0.1, 0.15) is 5.76 Å². The first kappa shape index (κ1) is 9.88. The molecule has 2 nitrogen and oxygen atoms in total. The quantitative estimate of drug-likeness (QED) is 0.720. The summed E-state index contributed by atoms with van der Waals surface area (Å²) in [6, 6.07) is 2.03. The molecule has 0 aromatic carbocycles. The Morgan fingerprint density at radius 3 is 2.92 bits per heavy atom. The summed E-state index contributed by atoms with van der Waals surface area (Å²) in [5.41, 5.74) is 6.99. The Bertz CT molecular complexity index is 316. The maximum atomic E-state index is 5.92. The molecule has 13 heavy (non-hydrogen) atoms. The number of nitrogens with two attached hydrogens (primary N) is 1. The normalized spacial score (nSPS) is 11.9. The zero-order valence-electron chi connectivity index (χ0n) is 8.13. The van der Waals surface area contributed by atoms with Crippen molar-refractivity contribution in [2.24, 2.45) is 5.73 Å². The molecule has 0 aliphatic heterocycles. The van der Waals surface area contributed by atoms with Gasteiger partial charge < -0.3 is 10.2 Å². The van der Waals surface area contributed by atoms with Gasteiger partial charge in [0.25, 0.3) is 0 Å². The average Bonchev–Trinajstić information content (AvgIpc) is 2.52. The fourth-order valence-electron chi connectivity index (χ4n) is 1.18. The zero-order valence-corrected chi connectivity index (χ0v) is 8.13. The molecular weight excluding hydrogens is 162 g/mol. The predicted molar refractivity (Wildman–Crippen MR) is 53.1 cm³/mol. The van der Waals surface area contributed by atoms with Gasteiger partial charge in [0.05, 0.1) is 6.26 Å². The van der Waals surface area contributed by atoms with Crippen LogP contribution in [0.5, 0.6) is 0 Å². The fraction of sp³-hybridized carbons (Fsp3) is 0.455. The van der Waals surface area contributed by atoms with Crippen LogP contribution in [0.3, 0.4) is 0 Å². The highest BCUT2D eigenvalue weighted by molar-refractivity contribution is 5.16. The van der Waals surface area contributed by atoms with Crippen LogP contribution in [0.1, 0.15) is 37.1 Å². The predicted octanol–water partition coefficient (Wildman–Crippen LogP) is 2.39. The van der Waals surface area contributed by atoms with Crippen LogP contribution in [-0.2, 0) is 0 Å². The van der Waals surface area contributed by atoms with Crippen LogP contribution in [0.4, 0.5) is 0 Å². The van der Waals surface area contributed by atoms with Crippen LogP contribution in [0, 0.1) is 18.8 Å². The van der Waals surface area contributed by atoms with E-state index in [1.54, 1.807) is 6.26 Å². The Morgan fingerprint density at radius 1 is 1.62 bits per heavy atom. The highest BCUT2D eigenvalue weighted by Gasteiger charge is 2.07. The van der Waals surface area contributed by atoms with Crippen LogP contribution < -0.4 is 5.73 Å². The van der Waals surface area contributed by atoms with Gasteiger partial charge in [-0.1, -0.05) is 0 Å². The van der Waals surface area contributed by atoms with Gasteiger partial charge in [0.2, 0.25) is 0 Å². The van der Waals surface area contributed by atoms with Gasteiger partial charge in [-0.3, -0.25) is 0 Å². The molecule has 2 heteroatoms.